The lowest BCUT2D eigenvalue weighted by Gasteiger charge is -2.12. The molecule has 0 heterocycles. The summed E-state index contributed by atoms with van der Waals surface area (Å²) >= 11 is 0. The van der Waals surface area contributed by atoms with E-state index >= 15 is 0 Å². The van der Waals surface area contributed by atoms with Gasteiger partial charge in [-0.05, 0) is 18.6 Å². The molecule has 0 fully saturated rings. The van der Waals surface area contributed by atoms with Gasteiger partial charge in [-0.15, -0.1) is 0 Å². The van der Waals surface area contributed by atoms with Gasteiger partial charge in [0.15, 0.2) is 6.61 Å². The molecule has 4 N–H and O–H groups in total. The zero-order valence-electron chi connectivity index (χ0n) is 11.8. The molecule has 1 unspecified atom stereocenters. The van der Waals surface area contributed by atoms with Crippen LogP contribution in [0.2, 0.25) is 0 Å². The van der Waals surface area contributed by atoms with Gasteiger partial charge in [-0.2, -0.15) is 0 Å². The van der Waals surface area contributed by atoms with E-state index in [1.807, 2.05) is 6.92 Å². The van der Waals surface area contributed by atoms with Crippen LogP contribution in [0.3, 0.4) is 0 Å². The molecule has 1 rings (SSSR count). The van der Waals surface area contributed by atoms with Gasteiger partial charge >= 0.3 is 0 Å². The molecule has 0 aliphatic carbocycles. The number of benzene rings is 1. The molecule has 20 heavy (non-hydrogen) atoms. The smallest absolute Gasteiger partial charge is 0.257 e. The fraction of sp³-hybridized carbons (Fsp3) is 0.429. The third-order valence-electron chi connectivity index (χ3n) is 2.69. The number of carbonyl (C=O) groups is 2. The van der Waals surface area contributed by atoms with Gasteiger partial charge in [-0.3, -0.25) is 9.59 Å². The van der Waals surface area contributed by atoms with Crippen molar-refractivity contribution in [3.63, 3.8) is 0 Å². The quantitative estimate of drug-likeness (QED) is 0.690. The largest absolute Gasteiger partial charge is 0.484 e. The zero-order valence-corrected chi connectivity index (χ0v) is 11.8. The molecule has 1 aromatic rings. The van der Waals surface area contributed by atoms with Gasteiger partial charge in [0.1, 0.15) is 5.75 Å². The Morgan fingerprint density at radius 3 is 2.80 bits per heavy atom. The minimum Gasteiger partial charge on any atom is -0.484 e. The predicted molar refractivity (Wildman–Crippen MR) is 77.5 cm³/mol. The minimum absolute atomic E-state index is 0.0662. The second-order valence-corrected chi connectivity index (χ2v) is 4.37. The van der Waals surface area contributed by atoms with Crippen LogP contribution in [0.1, 0.15) is 19.8 Å². The summed E-state index contributed by atoms with van der Waals surface area (Å²) in [5, 5.41) is 5.18. The maximum Gasteiger partial charge on any atom is 0.257 e. The first-order valence-electron chi connectivity index (χ1n) is 6.56. The van der Waals surface area contributed by atoms with Crippen LogP contribution in [0.15, 0.2) is 24.3 Å². The highest BCUT2D eigenvalue weighted by Crippen LogP contribution is 2.17. The predicted octanol–water partition coefficient (Wildman–Crippen LogP) is 0.877. The minimum atomic E-state index is -0.518. The summed E-state index contributed by atoms with van der Waals surface area (Å²) in [6.45, 7) is 1.91. The molecule has 6 nitrogen and oxygen atoms in total. The molecule has 0 saturated heterocycles. The van der Waals surface area contributed by atoms with E-state index in [1.165, 1.54) is 7.05 Å². The Hall–Kier alpha value is -2.08. The van der Waals surface area contributed by atoms with Crippen molar-refractivity contribution in [1.29, 1.82) is 0 Å². The number of likely N-dealkylation sites (N-methyl/N-ethyl adjacent to an activating group) is 1. The first-order chi connectivity index (χ1) is 9.56. The van der Waals surface area contributed by atoms with E-state index in [4.69, 9.17) is 10.5 Å². The summed E-state index contributed by atoms with van der Waals surface area (Å²) in [7, 11) is 1.54. The van der Waals surface area contributed by atoms with Crippen molar-refractivity contribution in [2.24, 2.45) is 5.73 Å². The summed E-state index contributed by atoms with van der Waals surface area (Å²) in [6.07, 6.45) is 1.49. The summed E-state index contributed by atoms with van der Waals surface area (Å²) in [5.41, 5.74) is 6.33. The van der Waals surface area contributed by atoms with E-state index in [0.717, 1.165) is 6.42 Å². The number of nitrogens with one attached hydrogen (secondary N) is 2. The maximum atomic E-state index is 11.8. The van der Waals surface area contributed by atoms with Crippen molar-refractivity contribution >= 4 is 17.5 Å². The van der Waals surface area contributed by atoms with E-state index in [0.29, 0.717) is 17.9 Å². The Labute approximate surface area is 118 Å². The molecular formula is C14H21N3O3. The molecule has 0 spiro atoms. The lowest BCUT2D eigenvalue weighted by atomic mass is 10.1. The Balaban J connectivity index is 2.59. The zero-order chi connectivity index (χ0) is 15.0. The fourth-order valence-electron chi connectivity index (χ4n) is 1.56. The van der Waals surface area contributed by atoms with Crippen molar-refractivity contribution in [1.82, 2.24) is 5.32 Å². The molecule has 0 bridgehead atoms. The molecule has 0 saturated carbocycles. The number of nitrogens with two attached hydrogens (primary N) is 1. The number of hydrogen-bond acceptors (Lipinski definition) is 4. The number of ether oxygens (including phenoxy) is 1. The molecular weight excluding hydrogens is 258 g/mol. The second kappa shape index (κ2) is 8.16. The molecule has 6 heteroatoms. The lowest BCUT2D eigenvalue weighted by molar-refractivity contribution is -0.122. The van der Waals surface area contributed by atoms with Crippen LogP contribution in [-0.2, 0) is 9.59 Å². The highest BCUT2D eigenvalue weighted by Gasteiger charge is 2.12. The Morgan fingerprint density at radius 1 is 1.40 bits per heavy atom. The van der Waals surface area contributed by atoms with Gasteiger partial charge in [-0.25, -0.2) is 0 Å². The van der Waals surface area contributed by atoms with Gasteiger partial charge in [0.05, 0.1) is 6.04 Å². The topological polar surface area (TPSA) is 93.5 Å². The van der Waals surface area contributed by atoms with E-state index in [1.54, 1.807) is 24.3 Å². The highest BCUT2D eigenvalue weighted by atomic mass is 16.5. The van der Waals surface area contributed by atoms with Gasteiger partial charge in [-0.1, -0.05) is 19.4 Å². The third-order valence-corrected chi connectivity index (χ3v) is 2.69. The SMILES string of the molecule is CCCC(N)C(=O)Nc1cccc(OCC(=O)NC)c1. The van der Waals surface area contributed by atoms with Gasteiger partial charge in [0.25, 0.3) is 5.91 Å². The second-order valence-electron chi connectivity index (χ2n) is 4.37. The first kappa shape index (κ1) is 16.0. The van der Waals surface area contributed by atoms with Crippen LogP contribution >= 0.6 is 0 Å². The maximum absolute atomic E-state index is 11.8. The van der Waals surface area contributed by atoms with Crippen molar-refractivity contribution in [2.45, 2.75) is 25.8 Å². The van der Waals surface area contributed by atoms with E-state index < -0.39 is 6.04 Å². The Morgan fingerprint density at radius 2 is 2.15 bits per heavy atom. The number of amides is 2. The van der Waals surface area contributed by atoms with Crippen molar-refractivity contribution in [3.8, 4) is 5.75 Å². The summed E-state index contributed by atoms with van der Waals surface area (Å²) in [5.74, 6) is 0.0650. The van der Waals surface area contributed by atoms with Crippen LogP contribution < -0.4 is 21.1 Å². The third kappa shape index (κ3) is 5.27. The van der Waals surface area contributed by atoms with Crippen molar-refractivity contribution < 1.29 is 14.3 Å². The van der Waals surface area contributed by atoms with Crippen LogP contribution in [0, 0.1) is 0 Å². The van der Waals surface area contributed by atoms with E-state index in [2.05, 4.69) is 10.6 Å². The fourth-order valence-corrected chi connectivity index (χ4v) is 1.56. The molecule has 0 aliphatic heterocycles. The summed E-state index contributed by atoms with van der Waals surface area (Å²) in [4.78, 5) is 22.9. The first-order valence-corrected chi connectivity index (χ1v) is 6.56. The van der Waals surface area contributed by atoms with Crippen LogP contribution in [0.25, 0.3) is 0 Å². The summed E-state index contributed by atoms with van der Waals surface area (Å²) in [6, 6.07) is 6.32. The molecule has 1 aromatic carbocycles. The molecule has 0 radical (unpaired) electrons. The van der Waals surface area contributed by atoms with Gasteiger partial charge in [0.2, 0.25) is 5.91 Å². The summed E-state index contributed by atoms with van der Waals surface area (Å²) < 4.78 is 5.29. The van der Waals surface area contributed by atoms with Crippen LogP contribution in [-0.4, -0.2) is 31.5 Å². The molecule has 110 valence electrons. The number of rotatable bonds is 7. The Kier molecular flexibility index (Phi) is 6.52. The number of hydrogen-bond donors (Lipinski definition) is 3. The Bertz CT molecular complexity index is 463. The average Bonchev–Trinajstić information content (AvgIpc) is 2.45. The molecule has 2 amide bonds. The van der Waals surface area contributed by atoms with Crippen molar-refractivity contribution in [3.05, 3.63) is 24.3 Å². The van der Waals surface area contributed by atoms with Crippen LogP contribution in [0.5, 0.6) is 5.75 Å². The monoisotopic (exact) mass is 279 g/mol. The van der Waals surface area contributed by atoms with Crippen molar-refractivity contribution in [2.75, 3.05) is 19.0 Å². The molecule has 1 atom stereocenters. The van der Waals surface area contributed by atoms with Gasteiger partial charge in [0, 0.05) is 18.8 Å². The normalized spacial score (nSPS) is 11.6. The lowest BCUT2D eigenvalue weighted by Crippen LogP contribution is -2.35. The average molecular weight is 279 g/mol. The van der Waals surface area contributed by atoms with E-state index in [-0.39, 0.29) is 18.4 Å². The van der Waals surface area contributed by atoms with Crippen LogP contribution in [0.4, 0.5) is 5.69 Å². The highest BCUT2D eigenvalue weighted by molar-refractivity contribution is 5.94. The number of carbonyl (C=O) groups excluding carboxylic acids is 2. The van der Waals surface area contributed by atoms with E-state index in [9.17, 15) is 9.59 Å². The molecule has 0 aromatic heterocycles. The number of anilines is 1. The standard InChI is InChI=1S/C14H21N3O3/c1-3-5-12(15)14(19)17-10-6-4-7-11(8-10)20-9-13(18)16-2/h4,6-8,12H,3,5,9,15H2,1-2H3,(H,16,18)(H,17,19). The van der Waals surface area contributed by atoms with Gasteiger partial charge < -0.3 is 21.1 Å². The molecule has 0 aliphatic rings.